The summed E-state index contributed by atoms with van der Waals surface area (Å²) in [5.74, 6) is 0. The Balaban J connectivity index is 0. The van der Waals surface area contributed by atoms with E-state index in [2.05, 4.69) is 0 Å². The van der Waals surface area contributed by atoms with Crippen LogP contribution in [0.3, 0.4) is 0 Å². The normalized spacial score (nSPS) is 14.3. The van der Waals surface area contributed by atoms with E-state index in [9.17, 15) is 47.0 Å². The average Bonchev–Trinajstić information content (AvgIpc) is 2.60. The molecule has 29 heteroatoms. The minimum absolute atomic E-state index is 0. The van der Waals surface area contributed by atoms with Crippen LogP contribution in [-0.4, -0.2) is 155 Å². The molecule has 0 heterocycles. The van der Waals surface area contributed by atoms with Gasteiger partial charge in [0.15, 0.2) is 0 Å². The van der Waals surface area contributed by atoms with Crippen LogP contribution in [-0.2, 0) is 27.4 Å². The van der Waals surface area contributed by atoms with Gasteiger partial charge < -0.3 is 58.7 Å². The number of nitrogens with zero attached hydrogens (tertiary/aromatic N) is 4. The van der Waals surface area contributed by atoms with Crippen LogP contribution >= 0.6 is 45.6 Å². The minimum Gasteiger partial charge on any atom is -0.324 e. The molecule has 0 saturated heterocycles. The molecule has 0 aliphatic heterocycles. The topological polar surface area (TPSA) is 358 Å². The molecule has 0 radical (unpaired) electrons. The molecule has 0 aliphatic carbocycles. The van der Waals surface area contributed by atoms with Crippen LogP contribution in [0.15, 0.2) is 0 Å². The van der Waals surface area contributed by atoms with Gasteiger partial charge in [0.25, 0.3) is 0 Å². The summed E-state index contributed by atoms with van der Waals surface area (Å²) in [6.45, 7) is -2.65. The van der Waals surface area contributed by atoms with E-state index in [-0.39, 0.29) is 42.6 Å². The molecule has 0 aromatic carbocycles. The van der Waals surface area contributed by atoms with Crippen LogP contribution < -0.4 is 29.6 Å². The van der Waals surface area contributed by atoms with E-state index in [4.69, 9.17) is 39.1 Å². The molecule has 0 rings (SSSR count). The second-order valence-corrected chi connectivity index (χ2v) is 18.5. The largest absolute Gasteiger partial charge is 1.00 e. The summed E-state index contributed by atoms with van der Waals surface area (Å²) < 4.78 is 68.5. The second-order valence-electron chi connectivity index (χ2n) is 8.86. The van der Waals surface area contributed by atoms with Gasteiger partial charge in [0, 0.05) is 39.3 Å². The van der Waals surface area contributed by atoms with Gasteiger partial charge in [0.2, 0.25) is 0 Å². The smallest absolute Gasteiger partial charge is 0.324 e. The molecule has 0 aliphatic rings. The van der Waals surface area contributed by atoms with Gasteiger partial charge in [-0.2, -0.15) is 0 Å². The number of rotatable bonds is 21. The Labute approximate surface area is 257 Å². The molecule has 0 atom stereocenters. The molecule has 0 amide bonds. The van der Waals surface area contributed by atoms with Gasteiger partial charge in [-0.3, -0.25) is 47.0 Å². The van der Waals surface area contributed by atoms with E-state index in [1.807, 2.05) is 0 Å². The first-order valence-electron chi connectivity index (χ1n) is 10.7. The van der Waals surface area contributed by atoms with Gasteiger partial charge in [0.1, 0.15) is 37.7 Å². The fraction of sp³-hybridized carbons (Fsp3) is 1.00. The molecule has 0 bridgehead atoms. The molecule has 242 valence electrons. The van der Waals surface area contributed by atoms with Gasteiger partial charge in [0.05, 0.1) is 0 Å². The SMILES string of the molecule is O=P(O)(O)CN(CCN(CCN(CP(=O)(O)O)CP(=O)(O)O)CP(=O)(O)O)CCN(CP(=O)(O)O)CP(=O)(O)O.[Na+]. The van der Waals surface area contributed by atoms with Crippen molar-refractivity contribution >= 4 is 45.6 Å². The molecule has 0 aromatic heterocycles. The summed E-state index contributed by atoms with van der Waals surface area (Å²) >= 11 is 0. The predicted molar refractivity (Wildman–Crippen MR) is 138 cm³/mol. The fourth-order valence-corrected chi connectivity index (χ4v) is 8.26. The standard InChI is InChI=1S/C12H36N4O18P6.Na/c17-35(18,19)7-13(3-5-15(9-37(23,24)25)10-38(26,27)28)1-2-14(8-36(20,21)22)4-6-16(11-39(29,30)31)12-40(32,33)34;/h1-12H2,(H2,17,18,19)(H2,20,21,22)(H2,23,24,25)(H2,26,27,28)(H2,29,30,31)(H2,32,33,34);/q;+1. The third-order valence-electron chi connectivity index (χ3n) is 4.50. The monoisotopic (exact) mass is 733 g/mol. The zero-order valence-electron chi connectivity index (χ0n) is 21.8. The molecule has 12 N–H and O–H groups in total. The van der Waals surface area contributed by atoms with E-state index in [0.29, 0.717) is 9.80 Å². The average molecular weight is 733 g/mol. The van der Waals surface area contributed by atoms with Crippen molar-refractivity contribution < 1.29 is 116 Å². The fourth-order valence-electron chi connectivity index (χ4n) is 3.29. The Bertz CT molecular complexity index is 948. The molecule has 0 saturated carbocycles. The van der Waals surface area contributed by atoms with Crippen LogP contribution in [0, 0.1) is 0 Å². The first kappa shape index (κ1) is 44.9. The van der Waals surface area contributed by atoms with Gasteiger partial charge in [-0.15, -0.1) is 0 Å². The van der Waals surface area contributed by atoms with Crippen molar-refractivity contribution in [1.29, 1.82) is 0 Å². The zero-order chi connectivity index (χ0) is 31.8. The Morgan fingerprint density at radius 3 is 0.561 bits per heavy atom. The van der Waals surface area contributed by atoms with Gasteiger partial charge >= 0.3 is 75.1 Å². The maximum atomic E-state index is 11.6. The summed E-state index contributed by atoms with van der Waals surface area (Å²) in [7, 11) is -28.8. The molecular weight excluding hydrogens is 697 g/mol. The Kier molecular flexibility index (Phi) is 19.9. The van der Waals surface area contributed by atoms with E-state index in [0.717, 1.165) is 9.80 Å². The van der Waals surface area contributed by atoms with Crippen molar-refractivity contribution in [2.75, 3.05) is 77.0 Å². The summed E-state index contributed by atoms with van der Waals surface area (Å²) in [4.78, 5) is 114. The van der Waals surface area contributed by atoms with E-state index in [1.165, 1.54) is 0 Å². The quantitative estimate of drug-likeness (QED) is 0.0386. The molecule has 22 nitrogen and oxygen atoms in total. The van der Waals surface area contributed by atoms with Crippen molar-refractivity contribution in [2.24, 2.45) is 0 Å². The first-order valence-corrected chi connectivity index (χ1v) is 21.5. The summed E-state index contributed by atoms with van der Waals surface area (Å²) in [5.41, 5.74) is 0. The van der Waals surface area contributed by atoms with Crippen molar-refractivity contribution in [3.63, 3.8) is 0 Å². The molecule has 0 unspecified atom stereocenters. The van der Waals surface area contributed by atoms with Crippen LogP contribution in [0.4, 0.5) is 0 Å². The van der Waals surface area contributed by atoms with Crippen molar-refractivity contribution in [3.05, 3.63) is 0 Å². The van der Waals surface area contributed by atoms with E-state index >= 15 is 0 Å². The molecule has 0 spiro atoms. The minimum atomic E-state index is -4.81. The molecule has 0 fully saturated rings. The van der Waals surface area contributed by atoms with Gasteiger partial charge in [-0.25, -0.2) is 0 Å². The van der Waals surface area contributed by atoms with Gasteiger partial charge in [-0.1, -0.05) is 0 Å². The third kappa shape index (κ3) is 30.2. The number of hydrogen-bond donors (Lipinski definition) is 12. The predicted octanol–water partition coefficient (Wildman–Crippen LogP) is -5.99. The maximum Gasteiger partial charge on any atom is 1.00 e. The van der Waals surface area contributed by atoms with Gasteiger partial charge in [-0.05, 0) is 0 Å². The summed E-state index contributed by atoms with van der Waals surface area (Å²) in [5, 5.41) is 0. The molecular formula is C12H36N4NaO18P6+. The first-order chi connectivity index (χ1) is 17.5. The summed E-state index contributed by atoms with van der Waals surface area (Å²) in [6.07, 6.45) is -6.33. The summed E-state index contributed by atoms with van der Waals surface area (Å²) in [6, 6.07) is 0. The number of hydrogen-bond acceptors (Lipinski definition) is 10. The Morgan fingerprint density at radius 2 is 0.415 bits per heavy atom. The third-order valence-corrected chi connectivity index (χ3v) is 9.11. The van der Waals surface area contributed by atoms with Crippen molar-refractivity contribution in [2.45, 2.75) is 0 Å². The zero-order valence-corrected chi connectivity index (χ0v) is 29.1. The Morgan fingerprint density at radius 1 is 0.293 bits per heavy atom. The molecule has 41 heavy (non-hydrogen) atoms. The Hall–Kier alpha value is 1.74. The van der Waals surface area contributed by atoms with E-state index < -0.39 is 109 Å². The van der Waals surface area contributed by atoms with Crippen molar-refractivity contribution in [3.8, 4) is 0 Å². The molecule has 0 aromatic rings. The van der Waals surface area contributed by atoms with Crippen LogP contribution in [0.5, 0.6) is 0 Å². The maximum absolute atomic E-state index is 11.6. The van der Waals surface area contributed by atoms with Crippen LogP contribution in [0.25, 0.3) is 0 Å². The van der Waals surface area contributed by atoms with Crippen molar-refractivity contribution in [1.82, 2.24) is 19.6 Å². The van der Waals surface area contributed by atoms with Crippen LogP contribution in [0.1, 0.15) is 0 Å². The van der Waals surface area contributed by atoms with Crippen LogP contribution in [0.2, 0.25) is 0 Å². The second kappa shape index (κ2) is 18.2. The van der Waals surface area contributed by atoms with E-state index in [1.54, 1.807) is 0 Å².